The lowest BCUT2D eigenvalue weighted by Gasteiger charge is -2.22. The van der Waals surface area contributed by atoms with Gasteiger partial charge in [0.25, 0.3) is 0 Å². The van der Waals surface area contributed by atoms with E-state index >= 15 is 0 Å². The fraction of sp³-hybridized carbons (Fsp3) is 0.188. The standard InChI is InChI=1S/C32H27O4P/c1-20-21(2)30-28(32(34)36-4)27(31(33)35-3)29(20)37(30)26-17-11-9-15-24(26)19-18-23-14-8-10-16-25(23)22-12-6-5-7-13-22/h5-17,29-30H,1-4H3. The first-order valence-electron chi connectivity index (χ1n) is 12.1. The lowest BCUT2D eigenvalue weighted by Crippen LogP contribution is -2.24. The predicted octanol–water partition coefficient (Wildman–Crippen LogP) is 5.60. The first-order chi connectivity index (χ1) is 18.0. The molecule has 2 heterocycles. The van der Waals surface area contributed by atoms with E-state index in [-0.39, 0.29) is 11.3 Å². The average Bonchev–Trinajstić information content (AvgIpc) is 3.42. The van der Waals surface area contributed by atoms with Gasteiger partial charge in [-0.1, -0.05) is 89.7 Å². The Hall–Kier alpha value is -3.93. The molecule has 0 fully saturated rings. The van der Waals surface area contributed by atoms with Gasteiger partial charge in [0.05, 0.1) is 25.4 Å². The molecule has 2 unspecified atom stereocenters. The molecule has 2 atom stereocenters. The number of carbonyl (C=O) groups excluding carboxylic acids is 2. The van der Waals surface area contributed by atoms with Gasteiger partial charge >= 0.3 is 11.9 Å². The van der Waals surface area contributed by atoms with Gasteiger partial charge in [0, 0.05) is 22.4 Å². The summed E-state index contributed by atoms with van der Waals surface area (Å²) in [4.78, 5) is 25.8. The molecule has 184 valence electrons. The molecule has 0 saturated heterocycles. The number of methoxy groups -OCH3 is 2. The minimum Gasteiger partial charge on any atom is -0.466 e. The second-order valence-electron chi connectivity index (χ2n) is 9.07. The van der Waals surface area contributed by atoms with Gasteiger partial charge in [0.2, 0.25) is 0 Å². The first kappa shape index (κ1) is 24.8. The highest BCUT2D eigenvalue weighted by Gasteiger charge is 2.55. The fourth-order valence-corrected chi connectivity index (χ4v) is 9.15. The van der Waals surface area contributed by atoms with Gasteiger partial charge in [0.1, 0.15) is 0 Å². The molecule has 2 aliphatic heterocycles. The topological polar surface area (TPSA) is 52.6 Å². The van der Waals surface area contributed by atoms with E-state index in [4.69, 9.17) is 9.47 Å². The molecular weight excluding hydrogens is 479 g/mol. The van der Waals surface area contributed by atoms with Crippen LogP contribution in [0, 0.1) is 11.8 Å². The molecule has 5 rings (SSSR count). The number of esters is 2. The molecule has 0 spiro atoms. The Morgan fingerprint density at radius 1 is 0.676 bits per heavy atom. The maximum atomic E-state index is 12.9. The highest BCUT2D eigenvalue weighted by atomic mass is 31.1. The van der Waals surface area contributed by atoms with E-state index in [9.17, 15) is 9.59 Å². The number of allylic oxidation sites excluding steroid dienone is 2. The zero-order chi connectivity index (χ0) is 26.1. The molecule has 2 aliphatic rings. The van der Waals surface area contributed by atoms with Crippen LogP contribution >= 0.6 is 7.92 Å². The Bertz CT molecular complexity index is 1480. The van der Waals surface area contributed by atoms with Gasteiger partial charge < -0.3 is 9.47 Å². The second-order valence-corrected chi connectivity index (χ2v) is 11.4. The van der Waals surface area contributed by atoms with E-state index in [1.165, 1.54) is 14.2 Å². The van der Waals surface area contributed by atoms with Crippen molar-refractivity contribution < 1.29 is 19.1 Å². The van der Waals surface area contributed by atoms with Crippen LogP contribution < -0.4 is 5.30 Å². The van der Waals surface area contributed by atoms with Crippen molar-refractivity contribution in [1.82, 2.24) is 0 Å². The summed E-state index contributed by atoms with van der Waals surface area (Å²) in [6, 6.07) is 26.4. The molecule has 0 radical (unpaired) electrons. The zero-order valence-corrected chi connectivity index (χ0v) is 22.1. The molecule has 0 aromatic heterocycles. The third-order valence-corrected chi connectivity index (χ3v) is 10.5. The van der Waals surface area contributed by atoms with E-state index in [0.29, 0.717) is 11.1 Å². The van der Waals surface area contributed by atoms with E-state index in [1.807, 2.05) is 54.6 Å². The molecule has 37 heavy (non-hydrogen) atoms. The van der Waals surface area contributed by atoms with Crippen LogP contribution in [0.1, 0.15) is 25.0 Å². The zero-order valence-electron chi connectivity index (χ0n) is 21.2. The molecule has 0 amide bonds. The highest BCUT2D eigenvalue weighted by Crippen LogP contribution is 2.67. The van der Waals surface area contributed by atoms with Crippen LogP contribution in [0.25, 0.3) is 11.1 Å². The Labute approximate surface area is 218 Å². The van der Waals surface area contributed by atoms with Gasteiger partial charge in [-0.05, 0) is 50.3 Å². The molecule has 0 aliphatic carbocycles. The van der Waals surface area contributed by atoms with Crippen LogP contribution in [-0.2, 0) is 19.1 Å². The summed E-state index contributed by atoms with van der Waals surface area (Å²) in [6.07, 6.45) is 0. The molecule has 2 bridgehead atoms. The monoisotopic (exact) mass is 506 g/mol. The largest absolute Gasteiger partial charge is 0.466 e. The summed E-state index contributed by atoms with van der Waals surface area (Å²) in [5.74, 6) is 5.90. The molecule has 3 aromatic carbocycles. The average molecular weight is 507 g/mol. The SMILES string of the molecule is COC(=O)C1=C(C(=O)OC)C2C(C)=C(C)C1P2c1ccccc1C#Cc1ccccc1-c1ccccc1. The lowest BCUT2D eigenvalue weighted by molar-refractivity contribution is -0.139. The van der Waals surface area contributed by atoms with Gasteiger partial charge in [0.15, 0.2) is 0 Å². The number of fused-ring (bicyclic) bond motifs is 2. The summed E-state index contributed by atoms with van der Waals surface area (Å²) < 4.78 is 10.3. The van der Waals surface area contributed by atoms with E-state index in [0.717, 1.165) is 38.7 Å². The number of rotatable bonds is 4. The second kappa shape index (κ2) is 10.2. The lowest BCUT2D eigenvalue weighted by atomic mass is 9.87. The van der Waals surface area contributed by atoms with Crippen molar-refractivity contribution in [3.05, 3.63) is 112 Å². The van der Waals surface area contributed by atoms with Gasteiger partial charge in [-0.25, -0.2) is 9.59 Å². The van der Waals surface area contributed by atoms with Crippen molar-refractivity contribution in [2.45, 2.75) is 25.2 Å². The normalized spacial score (nSPS) is 19.9. The number of ether oxygens (including phenoxy) is 2. The van der Waals surface area contributed by atoms with Crippen molar-refractivity contribution in [2.75, 3.05) is 14.2 Å². The maximum Gasteiger partial charge on any atom is 0.335 e. The summed E-state index contributed by atoms with van der Waals surface area (Å²) >= 11 is 0. The minimum absolute atomic E-state index is 0.193. The Morgan fingerprint density at radius 3 is 1.76 bits per heavy atom. The highest BCUT2D eigenvalue weighted by molar-refractivity contribution is 7.69. The van der Waals surface area contributed by atoms with Crippen LogP contribution in [0.5, 0.6) is 0 Å². The third kappa shape index (κ3) is 4.20. The third-order valence-electron chi connectivity index (χ3n) is 7.17. The molecule has 4 nitrogen and oxygen atoms in total. The van der Waals surface area contributed by atoms with Crippen molar-refractivity contribution in [1.29, 1.82) is 0 Å². The molecule has 5 heteroatoms. The smallest absolute Gasteiger partial charge is 0.335 e. The van der Waals surface area contributed by atoms with Gasteiger partial charge in [-0.2, -0.15) is 0 Å². The Balaban J connectivity index is 1.60. The van der Waals surface area contributed by atoms with Crippen molar-refractivity contribution in [2.24, 2.45) is 0 Å². The predicted molar refractivity (Wildman–Crippen MR) is 148 cm³/mol. The van der Waals surface area contributed by atoms with Crippen LogP contribution in [0.3, 0.4) is 0 Å². The molecular formula is C32H27O4P. The van der Waals surface area contributed by atoms with Crippen LogP contribution in [0.2, 0.25) is 0 Å². The number of hydrogen-bond donors (Lipinski definition) is 0. The first-order valence-corrected chi connectivity index (χ1v) is 13.6. The Kier molecular flexibility index (Phi) is 6.83. The summed E-state index contributed by atoms with van der Waals surface area (Å²) in [5.41, 5.74) is 6.78. The van der Waals surface area contributed by atoms with E-state index < -0.39 is 19.9 Å². The number of carbonyl (C=O) groups is 2. The summed E-state index contributed by atoms with van der Waals surface area (Å²) in [5, 5.41) is 1.08. The van der Waals surface area contributed by atoms with Gasteiger partial charge in [-0.15, -0.1) is 0 Å². The molecule has 0 N–H and O–H groups in total. The van der Waals surface area contributed by atoms with Crippen molar-refractivity contribution in [3.8, 4) is 23.0 Å². The summed E-state index contributed by atoms with van der Waals surface area (Å²) in [6.45, 7) is 4.10. The number of hydrogen-bond acceptors (Lipinski definition) is 4. The van der Waals surface area contributed by atoms with E-state index in [2.05, 4.69) is 50.0 Å². The van der Waals surface area contributed by atoms with Crippen LogP contribution in [-0.4, -0.2) is 37.5 Å². The quantitative estimate of drug-likeness (QED) is 0.200. The molecule has 0 saturated carbocycles. The van der Waals surface area contributed by atoms with Crippen molar-refractivity contribution >= 4 is 25.2 Å². The van der Waals surface area contributed by atoms with Crippen LogP contribution in [0.15, 0.2) is 101 Å². The minimum atomic E-state index is -0.990. The van der Waals surface area contributed by atoms with Gasteiger partial charge in [-0.3, -0.25) is 0 Å². The maximum absolute atomic E-state index is 12.9. The van der Waals surface area contributed by atoms with E-state index in [1.54, 1.807) is 0 Å². The Morgan fingerprint density at radius 2 is 1.16 bits per heavy atom. The summed E-state index contributed by atoms with van der Waals surface area (Å²) in [7, 11) is 1.72. The van der Waals surface area contributed by atoms with Crippen LogP contribution in [0.4, 0.5) is 0 Å². The fourth-order valence-electron chi connectivity index (χ4n) is 5.35. The molecule has 3 aromatic rings. The van der Waals surface area contributed by atoms with Crippen molar-refractivity contribution in [3.63, 3.8) is 0 Å². The number of benzene rings is 3.